The number of nitrogens with zero attached hydrogens (tertiary/aromatic N) is 2. The zero-order valence-electron chi connectivity index (χ0n) is 18.5. The van der Waals surface area contributed by atoms with Crippen LogP contribution in [0.1, 0.15) is 54.1 Å². The van der Waals surface area contributed by atoms with Crippen molar-refractivity contribution in [3.63, 3.8) is 0 Å². The molecular formula is C24H25N3O5. The Morgan fingerprint density at radius 3 is 2.72 bits per heavy atom. The van der Waals surface area contributed by atoms with Crippen molar-refractivity contribution in [2.24, 2.45) is 5.73 Å². The highest BCUT2D eigenvalue weighted by Crippen LogP contribution is 2.42. The fourth-order valence-corrected chi connectivity index (χ4v) is 4.99. The van der Waals surface area contributed by atoms with Crippen LogP contribution in [0.3, 0.4) is 0 Å². The molecule has 0 unspecified atom stereocenters. The van der Waals surface area contributed by atoms with Crippen molar-refractivity contribution in [2.45, 2.75) is 52.0 Å². The number of fused-ring (bicyclic) bond motifs is 5. The van der Waals surface area contributed by atoms with Gasteiger partial charge in [-0.3, -0.25) is 4.79 Å². The van der Waals surface area contributed by atoms with E-state index in [4.69, 9.17) is 20.2 Å². The molecule has 0 radical (unpaired) electrons. The molecule has 0 spiro atoms. The number of ether oxygens (including phenoxy) is 2. The maximum Gasteiger partial charge on any atom is 0.343 e. The second-order valence-corrected chi connectivity index (χ2v) is 8.58. The van der Waals surface area contributed by atoms with E-state index in [-0.39, 0.29) is 24.6 Å². The van der Waals surface area contributed by atoms with Gasteiger partial charge in [0.15, 0.2) is 5.60 Å². The summed E-state index contributed by atoms with van der Waals surface area (Å²) in [4.78, 5) is 30.6. The Morgan fingerprint density at radius 2 is 2.06 bits per heavy atom. The molecule has 2 aromatic heterocycles. The van der Waals surface area contributed by atoms with Gasteiger partial charge in [-0.1, -0.05) is 6.92 Å². The van der Waals surface area contributed by atoms with E-state index in [1.165, 1.54) is 0 Å². The monoisotopic (exact) mass is 435 g/mol. The first-order valence-corrected chi connectivity index (χ1v) is 10.6. The van der Waals surface area contributed by atoms with Crippen LogP contribution in [0.4, 0.5) is 0 Å². The first-order valence-electron chi connectivity index (χ1n) is 10.6. The predicted octanol–water partition coefficient (Wildman–Crippen LogP) is 2.42. The van der Waals surface area contributed by atoms with Crippen LogP contribution in [-0.2, 0) is 28.3 Å². The normalized spacial score (nSPS) is 19.9. The Kier molecular flexibility index (Phi) is 4.44. The summed E-state index contributed by atoms with van der Waals surface area (Å²) in [7, 11) is 1.61. The van der Waals surface area contributed by atoms with E-state index < -0.39 is 11.6 Å². The van der Waals surface area contributed by atoms with E-state index in [2.05, 4.69) is 0 Å². The molecule has 32 heavy (non-hydrogen) atoms. The van der Waals surface area contributed by atoms with E-state index in [0.29, 0.717) is 40.3 Å². The minimum Gasteiger partial charge on any atom is -0.496 e. The summed E-state index contributed by atoms with van der Waals surface area (Å²) in [6.07, 6.45) is 0.0985. The largest absolute Gasteiger partial charge is 0.496 e. The van der Waals surface area contributed by atoms with Crippen molar-refractivity contribution >= 4 is 16.9 Å². The first-order chi connectivity index (χ1) is 15.2. The number of carbonyl (C=O) groups excluding carboxylic acids is 1. The molecular weight excluding hydrogens is 410 g/mol. The molecule has 0 saturated carbocycles. The predicted molar refractivity (Wildman–Crippen MR) is 118 cm³/mol. The van der Waals surface area contributed by atoms with E-state index >= 15 is 0 Å². The molecule has 0 bridgehead atoms. The number of aryl methyl sites for hydroxylation is 1. The Balaban J connectivity index is 1.85. The van der Waals surface area contributed by atoms with Crippen LogP contribution in [0.2, 0.25) is 0 Å². The molecule has 3 aromatic rings. The summed E-state index contributed by atoms with van der Waals surface area (Å²) in [6.45, 7) is 5.72. The third kappa shape index (κ3) is 2.59. The summed E-state index contributed by atoms with van der Waals surface area (Å²) in [5.74, 6) is -0.0254. The highest BCUT2D eigenvalue weighted by molar-refractivity contribution is 5.91. The Morgan fingerprint density at radius 1 is 1.31 bits per heavy atom. The summed E-state index contributed by atoms with van der Waals surface area (Å²) in [5.41, 5.74) is 9.53. The standard InChI is InChI=1S/C24H25N3O5/c1-5-24(30)16-7-18-21-14(9-27(18)22(28)15(16)10-32-23(24)29)20(12(3)25)13-6-11(2)19(31-4)8-17(13)26-21/h6-8,12,30H,5,9-10,25H2,1-4H3/t12-,24-/m0/s1. The lowest BCUT2D eigenvalue weighted by atomic mass is 9.86. The summed E-state index contributed by atoms with van der Waals surface area (Å²) in [5, 5.41) is 12.0. The van der Waals surface area contributed by atoms with Crippen LogP contribution < -0.4 is 16.0 Å². The number of nitrogens with two attached hydrogens (primary N) is 1. The number of aromatic nitrogens is 2. The number of esters is 1. The number of cyclic esters (lactones) is 1. The van der Waals surface area contributed by atoms with Gasteiger partial charge in [-0.15, -0.1) is 0 Å². The van der Waals surface area contributed by atoms with Crippen molar-refractivity contribution in [2.75, 3.05) is 7.11 Å². The van der Waals surface area contributed by atoms with Crippen molar-refractivity contribution in [3.8, 4) is 17.1 Å². The SMILES string of the molecule is CC[C@@]1(O)C(=O)OCc2c1cc1n(c2=O)Cc2c-1nc1cc(OC)c(C)cc1c2[C@H](C)N. The van der Waals surface area contributed by atoms with E-state index in [9.17, 15) is 14.7 Å². The lowest BCUT2D eigenvalue weighted by Crippen LogP contribution is -2.44. The van der Waals surface area contributed by atoms with Crippen molar-refractivity contribution in [3.05, 3.63) is 56.4 Å². The lowest BCUT2D eigenvalue weighted by molar-refractivity contribution is -0.172. The van der Waals surface area contributed by atoms with Crippen LogP contribution in [0.25, 0.3) is 22.3 Å². The fraction of sp³-hybridized carbons (Fsp3) is 0.375. The van der Waals surface area contributed by atoms with Crippen LogP contribution in [0.5, 0.6) is 5.75 Å². The van der Waals surface area contributed by atoms with Crippen LogP contribution in [0.15, 0.2) is 23.0 Å². The third-order valence-corrected chi connectivity index (χ3v) is 6.70. The summed E-state index contributed by atoms with van der Waals surface area (Å²) in [6, 6.07) is 5.30. The van der Waals surface area contributed by atoms with Gasteiger partial charge in [-0.05, 0) is 43.5 Å². The smallest absolute Gasteiger partial charge is 0.343 e. The molecule has 8 heteroatoms. The second-order valence-electron chi connectivity index (χ2n) is 8.58. The third-order valence-electron chi connectivity index (χ3n) is 6.70. The number of methoxy groups -OCH3 is 1. The number of benzene rings is 1. The van der Waals surface area contributed by atoms with Gasteiger partial charge in [0.05, 0.1) is 36.1 Å². The number of pyridine rings is 2. The molecule has 8 nitrogen and oxygen atoms in total. The second kappa shape index (κ2) is 6.88. The average Bonchev–Trinajstić information content (AvgIpc) is 3.12. The maximum absolute atomic E-state index is 13.4. The highest BCUT2D eigenvalue weighted by atomic mass is 16.6. The molecule has 5 rings (SSSR count). The number of aliphatic hydroxyl groups is 1. The molecule has 2 atom stereocenters. The van der Waals surface area contributed by atoms with Crippen molar-refractivity contribution < 1.29 is 19.4 Å². The fourth-order valence-electron chi connectivity index (χ4n) is 4.99. The highest BCUT2D eigenvalue weighted by Gasteiger charge is 2.45. The minimum atomic E-state index is -1.85. The van der Waals surface area contributed by atoms with Gasteiger partial charge >= 0.3 is 5.97 Å². The van der Waals surface area contributed by atoms with Gasteiger partial charge in [-0.2, -0.15) is 0 Å². The molecule has 2 aliphatic rings. The molecule has 2 aliphatic heterocycles. The zero-order chi connectivity index (χ0) is 22.9. The van der Waals surface area contributed by atoms with Gasteiger partial charge in [-0.25, -0.2) is 9.78 Å². The van der Waals surface area contributed by atoms with Crippen molar-refractivity contribution in [1.82, 2.24) is 9.55 Å². The molecule has 0 fully saturated rings. The quantitative estimate of drug-likeness (QED) is 0.475. The number of carbonyl (C=O) groups is 1. The Labute approximate surface area is 184 Å². The summed E-state index contributed by atoms with van der Waals surface area (Å²) >= 11 is 0. The van der Waals surface area contributed by atoms with E-state index in [0.717, 1.165) is 22.1 Å². The number of hydrogen-bond donors (Lipinski definition) is 2. The van der Waals surface area contributed by atoms with Gasteiger partial charge in [0, 0.05) is 28.6 Å². The molecule has 4 heterocycles. The molecule has 0 amide bonds. The van der Waals surface area contributed by atoms with Gasteiger partial charge in [0.2, 0.25) is 0 Å². The van der Waals surface area contributed by atoms with E-state index in [1.807, 2.05) is 26.0 Å². The topological polar surface area (TPSA) is 117 Å². The van der Waals surface area contributed by atoms with Gasteiger partial charge in [0.1, 0.15) is 12.4 Å². The lowest BCUT2D eigenvalue weighted by Gasteiger charge is -2.31. The van der Waals surface area contributed by atoms with Gasteiger partial charge in [0.25, 0.3) is 5.56 Å². The summed E-state index contributed by atoms with van der Waals surface area (Å²) < 4.78 is 12.2. The van der Waals surface area contributed by atoms with Crippen LogP contribution in [0, 0.1) is 6.92 Å². The molecule has 3 N–H and O–H groups in total. The Bertz CT molecular complexity index is 1370. The minimum absolute atomic E-state index is 0.0985. The maximum atomic E-state index is 13.4. The van der Waals surface area contributed by atoms with Crippen LogP contribution >= 0.6 is 0 Å². The molecule has 1 aromatic carbocycles. The molecule has 0 aliphatic carbocycles. The van der Waals surface area contributed by atoms with E-state index in [1.54, 1.807) is 24.7 Å². The Hall–Kier alpha value is -3.23. The average molecular weight is 435 g/mol. The van der Waals surface area contributed by atoms with Gasteiger partial charge < -0.3 is 24.9 Å². The zero-order valence-corrected chi connectivity index (χ0v) is 18.5. The molecule has 0 saturated heterocycles. The number of rotatable bonds is 3. The van der Waals surface area contributed by atoms with Crippen LogP contribution in [-0.4, -0.2) is 27.7 Å². The molecule has 166 valence electrons. The van der Waals surface area contributed by atoms with Crippen molar-refractivity contribution in [1.29, 1.82) is 0 Å². The number of hydrogen-bond acceptors (Lipinski definition) is 7. The first kappa shape index (κ1) is 20.7.